The fourth-order valence-corrected chi connectivity index (χ4v) is 2.66. The van der Waals surface area contributed by atoms with E-state index in [0.29, 0.717) is 6.42 Å². The van der Waals surface area contributed by atoms with Gasteiger partial charge < -0.3 is 4.55 Å². The van der Waals surface area contributed by atoms with E-state index >= 15 is 0 Å². The van der Waals surface area contributed by atoms with Gasteiger partial charge in [-0.05, 0) is 12.8 Å². The molecule has 0 fully saturated rings. The van der Waals surface area contributed by atoms with Crippen molar-refractivity contribution in [2.75, 3.05) is 0 Å². The van der Waals surface area contributed by atoms with E-state index in [9.17, 15) is 13.0 Å². The van der Waals surface area contributed by atoms with Crippen molar-refractivity contribution >= 4 is 10.1 Å². The van der Waals surface area contributed by atoms with Gasteiger partial charge >= 0.3 is 29.6 Å². The molecule has 0 atom stereocenters. The molecule has 0 aromatic heterocycles. The van der Waals surface area contributed by atoms with Crippen LogP contribution in [0.1, 0.15) is 90.4 Å². The minimum absolute atomic E-state index is 0. The SMILES string of the molecule is CCCCCCCCCCCCCCC=CS(=O)(=O)[O-].[Na+]. The molecule has 120 valence electrons. The molecule has 0 spiro atoms. The zero-order valence-corrected chi connectivity index (χ0v) is 16.8. The Morgan fingerprint density at radius 2 is 1.14 bits per heavy atom. The standard InChI is InChI=1S/C16H32O3S.Na/c1-2-3-4-5-6-7-8-9-10-11-12-13-14-15-16-20(17,18)19;/h15-16H,2-14H2,1H3,(H,17,18,19);/q;+1/p-1. The van der Waals surface area contributed by atoms with E-state index in [2.05, 4.69) is 6.92 Å². The second-order valence-electron chi connectivity index (χ2n) is 5.54. The molecule has 0 aliphatic heterocycles. The molecular weight excluding hydrogens is 295 g/mol. The summed E-state index contributed by atoms with van der Waals surface area (Å²) in [5.74, 6) is 0. The Balaban J connectivity index is 0. The van der Waals surface area contributed by atoms with Crippen molar-refractivity contribution in [2.24, 2.45) is 0 Å². The molecule has 0 rings (SSSR count). The maximum Gasteiger partial charge on any atom is 1.00 e. The molecule has 0 radical (unpaired) electrons. The molecular formula is C16H31NaO3S. The third kappa shape index (κ3) is 23.1. The van der Waals surface area contributed by atoms with Gasteiger partial charge in [0.1, 0.15) is 10.1 Å². The van der Waals surface area contributed by atoms with Crippen LogP contribution < -0.4 is 29.6 Å². The fraction of sp³-hybridized carbons (Fsp3) is 0.875. The number of hydrogen-bond acceptors (Lipinski definition) is 3. The first-order valence-corrected chi connectivity index (χ1v) is 9.66. The van der Waals surface area contributed by atoms with Crippen molar-refractivity contribution in [1.29, 1.82) is 0 Å². The van der Waals surface area contributed by atoms with Gasteiger partial charge in [-0.15, -0.1) is 0 Å². The average Bonchev–Trinajstić information content (AvgIpc) is 2.38. The molecule has 0 saturated carbocycles. The van der Waals surface area contributed by atoms with Crippen LogP contribution in [0.5, 0.6) is 0 Å². The van der Waals surface area contributed by atoms with Crippen LogP contribution in [-0.2, 0) is 10.1 Å². The number of allylic oxidation sites excluding steroid dienone is 1. The molecule has 0 aromatic rings. The van der Waals surface area contributed by atoms with Gasteiger partial charge in [0, 0.05) is 5.41 Å². The van der Waals surface area contributed by atoms with E-state index in [0.717, 1.165) is 18.2 Å². The molecule has 0 bridgehead atoms. The molecule has 0 saturated heterocycles. The van der Waals surface area contributed by atoms with E-state index in [-0.39, 0.29) is 29.6 Å². The van der Waals surface area contributed by atoms with Crippen LogP contribution in [0.25, 0.3) is 0 Å². The Bertz CT molecular complexity index is 326. The summed E-state index contributed by atoms with van der Waals surface area (Å²) < 4.78 is 30.9. The third-order valence-corrected chi connectivity index (χ3v) is 4.01. The summed E-state index contributed by atoms with van der Waals surface area (Å²) in [4.78, 5) is 0. The van der Waals surface area contributed by atoms with Gasteiger partial charge in [0.2, 0.25) is 0 Å². The first-order valence-electron chi connectivity index (χ1n) is 8.18. The molecule has 0 heterocycles. The van der Waals surface area contributed by atoms with Crippen molar-refractivity contribution in [3.63, 3.8) is 0 Å². The molecule has 0 aliphatic rings. The fourth-order valence-electron chi connectivity index (χ4n) is 2.29. The van der Waals surface area contributed by atoms with Gasteiger partial charge in [0.15, 0.2) is 0 Å². The summed E-state index contributed by atoms with van der Waals surface area (Å²) in [6.45, 7) is 2.25. The van der Waals surface area contributed by atoms with Crippen molar-refractivity contribution in [3.8, 4) is 0 Å². The second kappa shape index (κ2) is 17.0. The van der Waals surface area contributed by atoms with Gasteiger partial charge in [-0.25, -0.2) is 8.42 Å². The Morgan fingerprint density at radius 3 is 1.52 bits per heavy atom. The minimum atomic E-state index is -4.17. The number of rotatable bonds is 14. The molecule has 21 heavy (non-hydrogen) atoms. The van der Waals surface area contributed by atoms with Crippen LogP contribution in [0.15, 0.2) is 11.5 Å². The summed E-state index contributed by atoms with van der Waals surface area (Å²) >= 11 is 0. The Labute approximate surface area is 154 Å². The second-order valence-corrected chi connectivity index (χ2v) is 6.80. The zero-order chi connectivity index (χ0) is 15.1. The smallest absolute Gasteiger partial charge is 0.744 e. The normalized spacial score (nSPS) is 11.7. The zero-order valence-electron chi connectivity index (χ0n) is 14.0. The quantitative estimate of drug-likeness (QED) is 0.279. The van der Waals surface area contributed by atoms with Crippen LogP contribution in [0, 0.1) is 0 Å². The Morgan fingerprint density at radius 1 is 0.762 bits per heavy atom. The average molecular weight is 326 g/mol. The van der Waals surface area contributed by atoms with Crippen molar-refractivity contribution in [3.05, 3.63) is 11.5 Å². The predicted octanol–water partition coefficient (Wildman–Crippen LogP) is 2.14. The van der Waals surface area contributed by atoms with E-state index < -0.39 is 10.1 Å². The van der Waals surface area contributed by atoms with Gasteiger partial charge in [-0.1, -0.05) is 83.6 Å². The largest absolute Gasteiger partial charge is 1.00 e. The van der Waals surface area contributed by atoms with E-state index in [1.54, 1.807) is 0 Å². The van der Waals surface area contributed by atoms with Gasteiger partial charge in [0.05, 0.1) is 0 Å². The van der Waals surface area contributed by atoms with Crippen LogP contribution in [-0.4, -0.2) is 13.0 Å². The molecule has 0 aliphatic carbocycles. The van der Waals surface area contributed by atoms with Crippen LogP contribution in [0.4, 0.5) is 0 Å². The summed E-state index contributed by atoms with van der Waals surface area (Å²) in [5, 5.41) is 0.769. The van der Waals surface area contributed by atoms with Crippen molar-refractivity contribution in [2.45, 2.75) is 90.4 Å². The first kappa shape index (κ1) is 23.9. The van der Waals surface area contributed by atoms with Crippen LogP contribution in [0.2, 0.25) is 0 Å². The van der Waals surface area contributed by atoms with Gasteiger partial charge in [-0.2, -0.15) is 0 Å². The first-order chi connectivity index (χ1) is 9.56. The van der Waals surface area contributed by atoms with E-state index in [4.69, 9.17) is 0 Å². The monoisotopic (exact) mass is 326 g/mol. The molecule has 0 unspecified atom stereocenters. The van der Waals surface area contributed by atoms with Gasteiger partial charge in [-0.3, -0.25) is 0 Å². The predicted molar refractivity (Wildman–Crippen MR) is 84.5 cm³/mol. The molecule has 5 heteroatoms. The van der Waals surface area contributed by atoms with Crippen molar-refractivity contribution in [1.82, 2.24) is 0 Å². The van der Waals surface area contributed by atoms with Crippen molar-refractivity contribution < 1.29 is 42.5 Å². The summed E-state index contributed by atoms with van der Waals surface area (Å²) in [7, 11) is -4.17. The van der Waals surface area contributed by atoms with E-state index in [1.807, 2.05) is 0 Å². The summed E-state index contributed by atoms with van der Waals surface area (Å²) in [5.41, 5.74) is 0. The number of hydrogen-bond donors (Lipinski definition) is 0. The third-order valence-electron chi connectivity index (χ3n) is 3.49. The Kier molecular flexibility index (Phi) is 19.4. The van der Waals surface area contributed by atoms with Gasteiger partial charge in [0.25, 0.3) is 0 Å². The maximum absolute atomic E-state index is 10.3. The minimum Gasteiger partial charge on any atom is -0.744 e. The number of unbranched alkanes of at least 4 members (excludes halogenated alkanes) is 12. The molecule has 0 N–H and O–H groups in total. The van der Waals surface area contributed by atoms with E-state index in [1.165, 1.54) is 70.3 Å². The van der Waals surface area contributed by atoms with Crippen LogP contribution in [0.3, 0.4) is 0 Å². The molecule has 0 aromatic carbocycles. The topological polar surface area (TPSA) is 57.2 Å². The van der Waals surface area contributed by atoms with Crippen LogP contribution >= 0.6 is 0 Å². The Hall–Kier alpha value is 0.650. The molecule has 0 amide bonds. The molecule has 3 nitrogen and oxygen atoms in total. The maximum atomic E-state index is 10.3. The summed E-state index contributed by atoms with van der Waals surface area (Å²) in [6.07, 6.45) is 17.7. The summed E-state index contributed by atoms with van der Waals surface area (Å²) in [6, 6.07) is 0.